The molecule has 0 radical (unpaired) electrons. The second kappa shape index (κ2) is 5.60. The van der Waals surface area contributed by atoms with E-state index in [1.807, 2.05) is 18.2 Å². The SMILES string of the molecule is C=C1C(=O)O[C@@H](c2cccc3ccccc23)[C@@]1(C)CCCC. The van der Waals surface area contributed by atoms with Crippen molar-refractivity contribution in [2.24, 2.45) is 5.41 Å². The Balaban J connectivity index is 2.11. The van der Waals surface area contributed by atoms with Crippen LogP contribution in [0.5, 0.6) is 0 Å². The van der Waals surface area contributed by atoms with Gasteiger partial charge in [0.05, 0.1) is 0 Å². The zero-order valence-electron chi connectivity index (χ0n) is 13.3. The molecule has 2 atom stereocenters. The molecule has 0 aliphatic carbocycles. The Bertz CT molecular complexity index is 726. The van der Waals surface area contributed by atoms with E-state index in [0.717, 1.165) is 30.2 Å². The number of ether oxygens (including phenoxy) is 1. The highest BCUT2D eigenvalue weighted by molar-refractivity contribution is 5.94. The fourth-order valence-electron chi connectivity index (χ4n) is 3.41. The third-order valence-electron chi connectivity index (χ3n) is 4.89. The molecule has 1 aliphatic rings. The Hall–Kier alpha value is -2.09. The number of cyclic esters (lactones) is 1. The average Bonchev–Trinajstić information content (AvgIpc) is 2.77. The minimum absolute atomic E-state index is 0.245. The van der Waals surface area contributed by atoms with Crippen LogP contribution in [0.3, 0.4) is 0 Å². The summed E-state index contributed by atoms with van der Waals surface area (Å²) in [4.78, 5) is 12.2. The van der Waals surface area contributed by atoms with Crippen LogP contribution in [0.1, 0.15) is 44.8 Å². The third-order valence-corrected chi connectivity index (χ3v) is 4.89. The number of carbonyl (C=O) groups is 1. The van der Waals surface area contributed by atoms with Gasteiger partial charge in [-0.3, -0.25) is 0 Å². The van der Waals surface area contributed by atoms with Gasteiger partial charge in [-0.25, -0.2) is 4.79 Å². The monoisotopic (exact) mass is 294 g/mol. The second-order valence-electron chi connectivity index (χ2n) is 6.35. The topological polar surface area (TPSA) is 26.3 Å². The Kier molecular flexibility index (Phi) is 3.78. The molecule has 2 nitrogen and oxygen atoms in total. The van der Waals surface area contributed by atoms with E-state index in [-0.39, 0.29) is 17.5 Å². The molecule has 0 saturated carbocycles. The molecule has 1 fully saturated rings. The molecule has 2 heteroatoms. The van der Waals surface area contributed by atoms with Crippen molar-refractivity contribution < 1.29 is 9.53 Å². The zero-order chi connectivity index (χ0) is 15.7. The Morgan fingerprint density at radius 2 is 1.91 bits per heavy atom. The fourth-order valence-corrected chi connectivity index (χ4v) is 3.41. The first-order valence-electron chi connectivity index (χ1n) is 7.96. The molecule has 0 N–H and O–H groups in total. The molecule has 114 valence electrons. The van der Waals surface area contributed by atoms with E-state index < -0.39 is 0 Å². The zero-order valence-corrected chi connectivity index (χ0v) is 13.3. The van der Waals surface area contributed by atoms with Crippen LogP contribution in [0, 0.1) is 5.41 Å². The maximum Gasteiger partial charge on any atom is 0.334 e. The molecule has 1 aliphatic heterocycles. The van der Waals surface area contributed by atoms with E-state index in [9.17, 15) is 4.79 Å². The molecule has 0 amide bonds. The molecule has 0 spiro atoms. The Labute approximate surface area is 131 Å². The predicted octanol–water partition coefficient (Wildman–Crippen LogP) is 5.19. The van der Waals surface area contributed by atoms with Crippen molar-refractivity contribution in [3.05, 3.63) is 60.2 Å². The van der Waals surface area contributed by atoms with Crippen LogP contribution in [0.25, 0.3) is 10.8 Å². The summed E-state index contributed by atoms with van der Waals surface area (Å²) < 4.78 is 5.74. The van der Waals surface area contributed by atoms with Crippen molar-refractivity contribution in [2.75, 3.05) is 0 Å². The number of hydrogen-bond donors (Lipinski definition) is 0. The summed E-state index contributed by atoms with van der Waals surface area (Å²) in [6.45, 7) is 8.30. The van der Waals surface area contributed by atoms with Gasteiger partial charge in [0.25, 0.3) is 0 Å². The lowest BCUT2D eigenvalue weighted by molar-refractivity contribution is -0.140. The summed E-state index contributed by atoms with van der Waals surface area (Å²) in [5.74, 6) is -0.253. The minimum Gasteiger partial charge on any atom is -0.453 e. The summed E-state index contributed by atoms with van der Waals surface area (Å²) in [7, 11) is 0. The maximum absolute atomic E-state index is 12.2. The summed E-state index contributed by atoms with van der Waals surface area (Å²) in [6.07, 6.45) is 2.83. The molecular weight excluding hydrogens is 272 g/mol. The van der Waals surface area contributed by atoms with Crippen molar-refractivity contribution in [1.82, 2.24) is 0 Å². The van der Waals surface area contributed by atoms with Crippen molar-refractivity contribution in [3.63, 3.8) is 0 Å². The van der Waals surface area contributed by atoms with E-state index in [0.29, 0.717) is 5.57 Å². The quantitative estimate of drug-likeness (QED) is 0.573. The van der Waals surface area contributed by atoms with Gasteiger partial charge in [0.2, 0.25) is 0 Å². The van der Waals surface area contributed by atoms with Crippen LogP contribution in [-0.4, -0.2) is 5.97 Å². The van der Waals surface area contributed by atoms with Crippen molar-refractivity contribution >= 4 is 16.7 Å². The standard InChI is InChI=1S/C20H22O2/c1-4-5-13-20(3)14(2)19(21)22-18(20)17-12-8-10-15-9-6-7-11-16(15)17/h6-12,18H,2,4-5,13H2,1,3H3/t18-,20-/m0/s1. The molecule has 0 unspecified atom stereocenters. The van der Waals surface area contributed by atoms with Crippen LogP contribution in [0.15, 0.2) is 54.6 Å². The van der Waals surface area contributed by atoms with Gasteiger partial charge in [-0.1, -0.05) is 75.7 Å². The molecule has 1 heterocycles. The van der Waals surface area contributed by atoms with Gasteiger partial charge >= 0.3 is 5.97 Å². The van der Waals surface area contributed by atoms with Gasteiger partial charge in [0.15, 0.2) is 0 Å². The van der Waals surface area contributed by atoms with Gasteiger partial charge in [0, 0.05) is 16.6 Å². The van der Waals surface area contributed by atoms with Crippen LogP contribution in [-0.2, 0) is 9.53 Å². The number of rotatable bonds is 4. The highest BCUT2D eigenvalue weighted by Gasteiger charge is 2.49. The van der Waals surface area contributed by atoms with Gasteiger partial charge in [-0.2, -0.15) is 0 Å². The molecule has 2 aromatic carbocycles. The minimum atomic E-state index is -0.322. The molecule has 22 heavy (non-hydrogen) atoms. The molecule has 0 bridgehead atoms. The van der Waals surface area contributed by atoms with Gasteiger partial charge < -0.3 is 4.74 Å². The predicted molar refractivity (Wildman–Crippen MR) is 89.6 cm³/mol. The number of carbonyl (C=O) groups excluding carboxylic acids is 1. The smallest absolute Gasteiger partial charge is 0.334 e. The van der Waals surface area contributed by atoms with E-state index >= 15 is 0 Å². The maximum atomic E-state index is 12.2. The lowest BCUT2D eigenvalue weighted by Crippen LogP contribution is -2.22. The van der Waals surface area contributed by atoms with Crippen LogP contribution < -0.4 is 0 Å². The molecule has 2 aromatic rings. The Morgan fingerprint density at radius 1 is 1.18 bits per heavy atom. The summed E-state index contributed by atoms with van der Waals surface area (Å²) >= 11 is 0. The normalized spacial score (nSPS) is 24.7. The third kappa shape index (κ3) is 2.23. The molecule has 0 aromatic heterocycles. The van der Waals surface area contributed by atoms with E-state index in [1.54, 1.807) is 0 Å². The first-order chi connectivity index (χ1) is 10.6. The van der Waals surface area contributed by atoms with Crippen LogP contribution in [0.4, 0.5) is 0 Å². The van der Waals surface area contributed by atoms with Crippen molar-refractivity contribution in [1.29, 1.82) is 0 Å². The average molecular weight is 294 g/mol. The lowest BCUT2D eigenvalue weighted by Gasteiger charge is -2.30. The van der Waals surface area contributed by atoms with Gasteiger partial charge in [0.1, 0.15) is 6.10 Å². The molecular formula is C20H22O2. The molecule has 1 saturated heterocycles. The van der Waals surface area contributed by atoms with Crippen molar-refractivity contribution in [3.8, 4) is 0 Å². The summed E-state index contributed by atoms with van der Waals surface area (Å²) in [5.41, 5.74) is 1.37. The van der Waals surface area contributed by atoms with Gasteiger partial charge in [-0.05, 0) is 17.2 Å². The number of hydrogen-bond acceptors (Lipinski definition) is 2. The largest absolute Gasteiger partial charge is 0.453 e. The van der Waals surface area contributed by atoms with E-state index in [2.05, 4.69) is 44.7 Å². The summed E-state index contributed by atoms with van der Waals surface area (Å²) in [5, 5.41) is 2.33. The number of unbranched alkanes of at least 4 members (excludes halogenated alkanes) is 1. The number of benzene rings is 2. The molecule has 3 rings (SSSR count). The number of esters is 1. The fraction of sp³-hybridized carbons (Fsp3) is 0.350. The lowest BCUT2D eigenvalue weighted by atomic mass is 9.73. The first kappa shape index (κ1) is 14.8. The summed E-state index contributed by atoms with van der Waals surface area (Å²) in [6, 6.07) is 14.4. The second-order valence-corrected chi connectivity index (χ2v) is 6.35. The van der Waals surface area contributed by atoms with E-state index in [4.69, 9.17) is 4.74 Å². The Morgan fingerprint density at radius 3 is 2.68 bits per heavy atom. The first-order valence-corrected chi connectivity index (χ1v) is 7.96. The van der Waals surface area contributed by atoms with Gasteiger partial charge in [-0.15, -0.1) is 0 Å². The highest BCUT2D eigenvalue weighted by Crippen LogP contribution is 2.52. The van der Waals surface area contributed by atoms with Crippen molar-refractivity contribution in [2.45, 2.75) is 39.2 Å². The van der Waals surface area contributed by atoms with Crippen LogP contribution >= 0.6 is 0 Å². The van der Waals surface area contributed by atoms with Crippen LogP contribution in [0.2, 0.25) is 0 Å². The number of fused-ring (bicyclic) bond motifs is 1. The highest BCUT2D eigenvalue weighted by atomic mass is 16.6. The van der Waals surface area contributed by atoms with E-state index in [1.165, 1.54) is 5.39 Å².